The fraction of sp³-hybridized carbons (Fsp3) is 0.765. The second-order valence-electron chi connectivity index (χ2n) is 8.13. The Morgan fingerprint density at radius 1 is 1.27 bits per heavy atom. The number of imidazole rings is 1. The molecular formula is C17H31N3O2. The van der Waals surface area contributed by atoms with Crippen molar-refractivity contribution in [3.63, 3.8) is 0 Å². The molecule has 0 radical (unpaired) electrons. The Balaban J connectivity index is 2.46. The van der Waals surface area contributed by atoms with E-state index >= 15 is 0 Å². The topological polar surface area (TPSA) is 81.0 Å². The van der Waals surface area contributed by atoms with E-state index in [2.05, 4.69) is 51.5 Å². The van der Waals surface area contributed by atoms with E-state index in [1.165, 1.54) is 0 Å². The number of carbonyl (C=O) groups excluding carboxylic acids is 1. The van der Waals surface area contributed by atoms with E-state index in [1.807, 2.05) is 0 Å². The molecular weight excluding hydrogens is 278 g/mol. The lowest BCUT2D eigenvalue weighted by atomic mass is 9.65. The number of ether oxygens (including phenoxy) is 1. The molecule has 5 nitrogen and oxygen atoms in total. The molecule has 0 aliphatic carbocycles. The normalized spacial score (nSPS) is 14.2. The van der Waals surface area contributed by atoms with Crippen molar-refractivity contribution in [3.05, 3.63) is 18.2 Å². The van der Waals surface area contributed by atoms with E-state index in [-0.39, 0.29) is 16.8 Å². The molecule has 126 valence electrons. The zero-order valence-electron chi connectivity index (χ0n) is 14.8. The van der Waals surface area contributed by atoms with Crippen LogP contribution < -0.4 is 5.73 Å². The predicted molar refractivity (Wildman–Crippen MR) is 88.2 cm³/mol. The molecule has 0 aliphatic rings. The van der Waals surface area contributed by atoms with E-state index in [0.717, 1.165) is 12.1 Å². The highest BCUT2D eigenvalue weighted by atomic mass is 16.5. The number of rotatable bonds is 6. The molecule has 0 aromatic carbocycles. The first kappa shape index (κ1) is 18.7. The van der Waals surface area contributed by atoms with Crippen molar-refractivity contribution in [3.8, 4) is 0 Å². The molecule has 1 aromatic heterocycles. The van der Waals surface area contributed by atoms with Crippen LogP contribution >= 0.6 is 0 Å². The van der Waals surface area contributed by atoms with E-state index in [0.29, 0.717) is 18.9 Å². The molecule has 1 atom stereocenters. The molecule has 5 heteroatoms. The van der Waals surface area contributed by atoms with Crippen molar-refractivity contribution in [2.75, 3.05) is 6.61 Å². The summed E-state index contributed by atoms with van der Waals surface area (Å²) in [5, 5.41) is 0. The Labute approximate surface area is 134 Å². The summed E-state index contributed by atoms with van der Waals surface area (Å²) < 4.78 is 5.38. The smallest absolute Gasteiger partial charge is 0.323 e. The molecule has 0 saturated heterocycles. The number of H-pyrrole nitrogens is 1. The summed E-state index contributed by atoms with van der Waals surface area (Å²) in [5.74, 6) is 0.104. The first-order valence-corrected chi connectivity index (χ1v) is 7.91. The summed E-state index contributed by atoms with van der Waals surface area (Å²) in [5.41, 5.74) is 7.05. The van der Waals surface area contributed by atoms with Crippen molar-refractivity contribution in [2.45, 2.75) is 60.4 Å². The average molecular weight is 309 g/mol. The third kappa shape index (κ3) is 5.79. The molecule has 0 saturated carbocycles. The highest BCUT2D eigenvalue weighted by molar-refractivity contribution is 5.75. The van der Waals surface area contributed by atoms with Gasteiger partial charge in [0.15, 0.2) is 0 Å². The largest absolute Gasteiger partial charge is 0.465 e. The van der Waals surface area contributed by atoms with Crippen molar-refractivity contribution in [1.29, 1.82) is 0 Å². The summed E-state index contributed by atoms with van der Waals surface area (Å²) in [6.07, 6.45) is 4.50. The lowest BCUT2D eigenvalue weighted by Crippen LogP contribution is -2.37. The van der Waals surface area contributed by atoms with Gasteiger partial charge in [-0.3, -0.25) is 4.79 Å². The Bertz CT molecular complexity index is 441. The van der Waals surface area contributed by atoms with Gasteiger partial charge in [0, 0.05) is 18.3 Å². The second kappa shape index (κ2) is 7.27. The van der Waals surface area contributed by atoms with Gasteiger partial charge in [-0.05, 0) is 23.2 Å². The van der Waals surface area contributed by atoms with Crippen LogP contribution in [0.3, 0.4) is 0 Å². The third-order valence-electron chi connectivity index (χ3n) is 4.04. The molecule has 1 aromatic rings. The van der Waals surface area contributed by atoms with Crippen molar-refractivity contribution in [2.24, 2.45) is 22.5 Å². The summed E-state index contributed by atoms with van der Waals surface area (Å²) >= 11 is 0. The van der Waals surface area contributed by atoms with E-state index in [4.69, 9.17) is 10.5 Å². The number of hydrogen-bond donors (Lipinski definition) is 2. The molecule has 22 heavy (non-hydrogen) atoms. The van der Waals surface area contributed by atoms with Gasteiger partial charge in [-0.1, -0.05) is 41.5 Å². The minimum absolute atomic E-state index is 0.169. The maximum Gasteiger partial charge on any atom is 0.323 e. The number of esters is 1. The Morgan fingerprint density at radius 2 is 1.86 bits per heavy atom. The highest BCUT2D eigenvalue weighted by Gasteiger charge is 2.34. The molecule has 1 unspecified atom stereocenters. The van der Waals surface area contributed by atoms with Crippen LogP contribution in [-0.2, 0) is 16.0 Å². The summed E-state index contributed by atoms with van der Waals surface area (Å²) in [6.45, 7) is 13.8. The number of nitrogens with one attached hydrogen (secondary N) is 1. The van der Waals surface area contributed by atoms with Crippen LogP contribution in [0, 0.1) is 16.7 Å². The van der Waals surface area contributed by atoms with Gasteiger partial charge in [0.25, 0.3) is 0 Å². The SMILES string of the molecule is CC(C)(C)C(CCOC(=O)C(N)Cc1cnc[nH]1)C(C)(C)C. The zero-order chi connectivity index (χ0) is 17.0. The van der Waals surface area contributed by atoms with Crippen LogP contribution in [0.5, 0.6) is 0 Å². The van der Waals surface area contributed by atoms with Gasteiger partial charge in [-0.25, -0.2) is 4.98 Å². The van der Waals surface area contributed by atoms with Crippen molar-refractivity contribution >= 4 is 5.97 Å². The fourth-order valence-electron chi connectivity index (χ4n) is 3.27. The number of carbonyl (C=O) groups is 1. The second-order valence-corrected chi connectivity index (χ2v) is 8.13. The molecule has 3 N–H and O–H groups in total. The van der Waals surface area contributed by atoms with Gasteiger partial charge in [-0.15, -0.1) is 0 Å². The fourth-order valence-corrected chi connectivity index (χ4v) is 3.27. The van der Waals surface area contributed by atoms with Crippen LogP contribution in [0.25, 0.3) is 0 Å². The molecule has 1 heterocycles. The number of hydrogen-bond acceptors (Lipinski definition) is 4. The molecule has 0 amide bonds. The van der Waals surface area contributed by atoms with Gasteiger partial charge < -0.3 is 15.5 Å². The van der Waals surface area contributed by atoms with E-state index < -0.39 is 6.04 Å². The van der Waals surface area contributed by atoms with Crippen LogP contribution in [0.2, 0.25) is 0 Å². The standard InChI is InChI=1S/C17H31N3O2/c1-16(2,3)14(17(4,5)6)7-8-22-15(21)13(18)9-12-10-19-11-20-12/h10-11,13-14H,7-9,18H2,1-6H3,(H,19,20). The van der Waals surface area contributed by atoms with Gasteiger partial charge in [-0.2, -0.15) is 0 Å². The van der Waals surface area contributed by atoms with E-state index in [1.54, 1.807) is 12.5 Å². The first-order valence-electron chi connectivity index (χ1n) is 7.91. The maximum absolute atomic E-state index is 12.0. The minimum Gasteiger partial charge on any atom is -0.465 e. The quantitative estimate of drug-likeness (QED) is 0.792. The number of aromatic nitrogens is 2. The van der Waals surface area contributed by atoms with Crippen molar-refractivity contribution < 1.29 is 9.53 Å². The predicted octanol–water partition coefficient (Wildman–Crippen LogP) is 2.92. The minimum atomic E-state index is -0.650. The van der Waals surface area contributed by atoms with Crippen LogP contribution in [-0.4, -0.2) is 28.6 Å². The number of nitrogens with two attached hydrogens (primary N) is 1. The zero-order valence-corrected chi connectivity index (χ0v) is 14.8. The highest BCUT2D eigenvalue weighted by Crippen LogP contribution is 2.41. The van der Waals surface area contributed by atoms with Gasteiger partial charge in [0.2, 0.25) is 0 Å². The van der Waals surface area contributed by atoms with Gasteiger partial charge in [0.05, 0.1) is 12.9 Å². The van der Waals surface area contributed by atoms with Crippen LogP contribution in [0.15, 0.2) is 12.5 Å². The lowest BCUT2D eigenvalue weighted by molar-refractivity contribution is -0.146. The van der Waals surface area contributed by atoms with Crippen LogP contribution in [0.1, 0.15) is 53.7 Å². The Kier molecular flexibility index (Phi) is 6.17. The van der Waals surface area contributed by atoms with Gasteiger partial charge >= 0.3 is 5.97 Å². The molecule has 0 spiro atoms. The molecule has 0 bridgehead atoms. The Hall–Kier alpha value is -1.36. The number of nitrogens with zero attached hydrogens (tertiary/aromatic N) is 1. The number of aromatic amines is 1. The summed E-state index contributed by atoms with van der Waals surface area (Å²) in [4.78, 5) is 18.8. The van der Waals surface area contributed by atoms with Crippen LogP contribution in [0.4, 0.5) is 0 Å². The Morgan fingerprint density at radius 3 is 2.32 bits per heavy atom. The lowest BCUT2D eigenvalue weighted by Gasteiger charge is -2.40. The molecule has 1 rings (SSSR count). The maximum atomic E-state index is 12.0. The van der Waals surface area contributed by atoms with Crippen molar-refractivity contribution in [1.82, 2.24) is 9.97 Å². The summed E-state index contributed by atoms with van der Waals surface area (Å²) in [7, 11) is 0. The monoisotopic (exact) mass is 309 g/mol. The third-order valence-corrected chi connectivity index (χ3v) is 4.04. The molecule has 0 fully saturated rings. The average Bonchev–Trinajstić information content (AvgIpc) is 2.83. The van der Waals surface area contributed by atoms with Gasteiger partial charge in [0.1, 0.15) is 6.04 Å². The molecule has 0 aliphatic heterocycles. The summed E-state index contributed by atoms with van der Waals surface area (Å²) in [6, 6.07) is -0.650. The van der Waals surface area contributed by atoms with E-state index in [9.17, 15) is 4.79 Å². The first-order chi connectivity index (χ1) is 10.0.